The molecule has 0 saturated carbocycles. The molecular formula is C19H28IN3O2S. The molecule has 3 heterocycles. The largest absolute Gasteiger partial charge is 0.374 e. The highest BCUT2D eigenvalue weighted by Gasteiger charge is 2.53. The van der Waals surface area contributed by atoms with Crippen molar-refractivity contribution in [3.05, 3.63) is 35.9 Å². The van der Waals surface area contributed by atoms with E-state index in [0.29, 0.717) is 42.1 Å². The van der Waals surface area contributed by atoms with Gasteiger partial charge in [0.2, 0.25) is 0 Å². The number of hydrogen-bond donors (Lipinski definition) is 1. The summed E-state index contributed by atoms with van der Waals surface area (Å²) >= 11 is 0. The molecule has 3 aliphatic heterocycles. The molecule has 144 valence electrons. The van der Waals surface area contributed by atoms with Crippen LogP contribution in [-0.4, -0.2) is 59.7 Å². The summed E-state index contributed by atoms with van der Waals surface area (Å²) in [6.45, 7) is 2.78. The van der Waals surface area contributed by atoms with E-state index >= 15 is 0 Å². The van der Waals surface area contributed by atoms with E-state index in [0.717, 1.165) is 24.6 Å². The molecule has 0 aliphatic carbocycles. The second kappa shape index (κ2) is 9.01. The lowest BCUT2D eigenvalue weighted by Crippen LogP contribution is -2.42. The van der Waals surface area contributed by atoms with E-state index in [4.69, 9.17) is 4.74 Å². The number of nitrogens with one attached hydrogen (secondary N) is 1. The van der Waals surface area contributed by atoms with Crippen molar-refractivity contribution in [2.45, 2.75) is 30.8 Å². The van der Waals surface area contributed by atoms with Gasteiger partial charge in [0.1, 0.15) is 0 Å². The van der Waals surface area contributed by atoms with Crippen molar-refractivity contribution < 1.29 is 8.95 Å². The molecule has 0 spiro atoms. The Balaban J connectivity index is 0.00000196. The zero-order valence-corrected chi connectivity index (χ0v) is 18.3. The smallest absolute Gasteiger partial charge is 0.193 e. The van der Waals surface area contributed by atoms with E-state index in [1.165, 1.54) is 12.8 Å². The second-order valence-electron chi connectivity index (χ2n) is 7.27. The van der Waals surface area contributed by atoms with Crippen molar-refractivity contribution in [1.29, 1.82) is 0 Å². The lowest BCUT2D eigenvalue weighted by molar-refractivity contribution is 0.0767. The van der Waals surface area contributed by atoms with Gasteiger partial charge in [0.05, 0.1) is 12.2 Å². The minimum atomic E-state index is -0.853. The number of fused-ring (bicyclic) bond motifs is 5. The Hall–Kier alpha value is -0.670. The summed E-state index contributed by atoms with van der Waals surface area (Å²) in [6, 6.07) is 10.0. The Morgan fingerprint density at radius 2 is 1.88 bits per heavy atom. The molecule has 1 aromatic carbocycles. The van der Waals surface area contributed by atoms with Gasteiger partial charge in [0.15, 0.2) is 5.96 Å². The fourth-order valence-electron chi connectivity index (χ4n) is 4.57. The van der Waals surface area contributed by atoms with Gasteiger partial charge in [-0.15, -0.1) is 24.0 Å². The molecule has 7 heteroatoms. The molecule has 2 bridgehead atoms. The first kappa shape index (κ1) is 20.1. The van der Waals surface area contributed by atoms with Crippen LogP contribution < -0.4 is 5.32 Å². The van der Waals surface area contributed by atoms with E-state index in [1.54, 1.807) is 0 Å². The summed E-state index contributed by atoms with van der Waals surface area (Å²) in [4.78, 5) is 6.80. The molecular weight excluding hydrogens is 461 g/mol. The normalized spacial score (nSPS) is 30.8. The highest BCUT2D eigenvalue weighted by atomic mass is 127. The Morgan fingerprint density at radius 1 is 1.23 bits per heavy atom. The number of rotatable bonds is 5. The molecule has 0 amide bonds. The van der Waals surface area contributed by atoms with Crippen LogP contribution in [0.25, 0.3) is 0 Å². The van der Waals surface area contributed by atoms with Crippen molar-refractivity contribution in [3.8, 4) is 0 Å². The Kier molecular flexibility index (Phi) is 6.96. The Labute approximate surface area is 175 Å². The van der Waals surface area contributed by atoms with Gasteiger partial charge in [-0.25, -0.2) is 0 Å². The Bertz CT molecular complexity index is 639. The molecule has 1 N–H and O–H groups in total. The van der Waals surface area contributed by atoms with Gasteiger partial charge < -0.3 is 15.0 Å². The number of halogens is 1. The maximum Gasteiger partial charge on any atom is 0.193 e. The van der Waals surface area contributed by atoms with Crippen LogP contribution in [-0.2, 0) is 21.3 Å². The predicted molar refractivity (Wildman–Crippen MR) is 116 cm³/mol. The maximum absolute atomic E-state index is 12.3. The highest BCUT2D eigenvalue weighted by Crippen LogP contribution is 2.47. The number of guanidine groups is 1. The standard InChI is InChI=1S/C19H27N3O2S.HI/c1-20-19(21-9-10-25(23)13-14-5-3-2-4-6-14)22-11-15-16(12-22)18-8-7-17(15)24-18;/h2-6,15-18H,7-13H2,1H3,(H,20,21);1H. The van der Waals surface area contributed by atoms with Crippen LogP contribution in [0.1, 0.15) is 18.4 Å². The topological polar surface area (TPSA) is 53.9 Å². The first-order valence-corrected chi connectivity index (χ1v) is 10.7. The molecule has 0 radical (unpaired) electrons. The third kappa shape index (κ3) is 4.25. The average Bonchev–Trinajstić information content (AvgIpc) is 3.32. The van der Waals surface area contributed by atoms with E-state index < -0.39 is 10.8 Å². The fourth-order valence-corrected chi connectivity index (χ4v) is 5.61. The molecule has 0 aromatic heterocycles. The maximum atomic E-state index is 12.3. The summed E-state index contributed by atoms with van der Waals surface area (Å²) in [5.74, 6) is 3.55. The lowest BCUT2D eigenvalue weighted by atomic mass is 9.82. The van der Waals surface area contributed by atoms with Crippen LogP contribution in [0.15, 0.2) is 35.3 Å². The number of ether oxygens (including phenoxy) is 1. The van der Waals surface area contributed by atoms with E-state index in [1.807, 2.05) is 37.4 Å². The zero-order chi connectivity index (χ0) is 17.2. The van der Waals surface area contributed by atoms with Gasteiger partial charge in [-0.3, -0.25) is 9.20 Å². The van der Waals surface area contributed by atoms with Gasteiger partial charge >= 0.3 is 0 Å². The molecule has 3 saturated heterocycles. The van der Waals surface area contributed by atoms with Crippen LogP contribution in [0.2, 0.25) is 0 Å². The summed E-state index contributed by atoms with van der Waals surface area (Å²) in [6.07, 6.45) is 3.39. The highest BCUT2D eigenvalue weighted by molar-refractivity contribution is 14.0. The number of likely N-dealkylation sites (tertiary alicyclic amines) is 1. The summed E-state index contributed by atoms with van der Waals surface area (Å²) in [5, 5.41) is 3.41. The van der Waals surface area contributed by atoms with Crippen LogP contribution in [0.4, 0.5) is 0 Å². The molecule has 3 fully saturated rings. The molecule has 26 heavy (non-hydrogen) atoms. The number of hydrogen-bond acceptors (Lipinski definition) is 3. The van der Waals surface area contributed by atoms with Crippen molar-refractivity contribution in [2.24, 2.45) is 16.8 Å². The molecule has 5 unspecified atom stereocenters. The molecule has 4 rings (SSSR count). The molecule has 3 aliphatic rings. The van der Waals surface area contributed by atoms with Gasteiger partial charge in [0, 0.05) is 60.8 Å². The first-order valence-electron chi connectivity index (χ1n) is 9.24. The van der Waals surface area contributed by atoms with Gasteiger partial charge in [-0.2, -0.15) is 0 Å². The first-order chi connectivity index (χ1) is 12.2. The van der Waals surface area contributed by atoms with Crippen molar-refractivity contribution in [1.82, 2.24) is 10.2 Å². The third-order valence-electron chi connectivity index (χ3n) is 5.75. The van der Waals surface area contributed by atoms with Crippen LogP contribution in [0.5, 0.6) is 0 Å². The minimum absolute atomic E-state index is 0. The molecule has 5 atom stereocenters. The zero-order valence-electron chi connectivity index (χ0n) is 15.2. The number of aliphatic imine (C=N–C) groups is 1. The van der Waals surface area contributed by atoms with Gasteiger partial charge in [-0.1, -0.05) is 30.3 Å². The van der Waals surface area contributed by atoms with Crippen molar-refractivity contribution in [3.63, 3.8) is 0 Å². The summed E-state index contributed by atoms with van der Waals surface area (Å²) in [5.41, 5.74) is 1.13. The van der Waals surface area contributed by atoms with Crippen molar-refractivity contribution in [2.75, 3.05) is 32.4 Å². The van der Waals surface area contributed by atoms with E-state index in [-0.39, 0.29) is 24.0 Å². The Morgan fingerprint density at radius 3 is 2.50 bits per heavy atom. The molecule has 1 aromatic rings. The molecule has 5 nitrogen and oxygen atoms in total. The third-order valence-corrected chi connectivity index (χ3v) is 7.06. The number of nitrogens with zero attached hydrogens (tertiary/aromatic N) is 2. The quantitative estimate of drug-likeness (QED) is 0.392. The van der Waals surface area contributed by atoms with Gasteiger partial charge in [-0.05, 0) is 18.4 Å². The predicted octanol–water partition coefficient (Wildman–Crippen LogP) is 2.24. The van der Waals surface area contributed by atoms with E-state index in [9.17, 15) is 4.21 Å². The number of benzene rings is 1. The summed E-state index contributed by atoms with van der Waals surface area (Å²) in [7, 11) is 0.983. The van der Waals surface area contributed by atoms with Crippen LogP contribution in [0.3, 0.4) is 0 Å². The van der Waals surface area contributed by atoms with E-state index in [2.05, 4.69) is 15.2 Å². The van der Waals surface area contributed by atoms with Crippen LogP contribution in [0, 0.1) is 11.8 Å². The lowest BCUT2D eigenvalue weighted by Gasteiger charge is -2.23. The fraction of sp³-hybridized carbons (Fsp3) is 0.632. The second-order valence-corrected chi connectivity index (χ2v) is 8.85. The minimum Gasteiger partial charge on any atom is -0.374 e. The monoisotopic (exact) mass is 489 g/mol. The summed E-state index contributed by atoms with van der Waals surface area (Å²) < 4.78 is 18.3. The van der Waals surface area contributed by atoms with Gasteiger partial charge in [0.25, 0.3) is 0 Å². The van der Waals surface area contributed by atoms with Crippen molar-refractivity contribution >= 4 is 40.7 Å². The SMILES string of the molecule is CN=C(NCCS(=O)Cc1ccccc1)N1CC2C3CCC(O3)C2C1.I. The average molecular weight is 489 g/mol. The van der Waals surface area contributed by atoms with Crippen LogP contribution >= 0.6 is 24.0 Å².